The van der Waals surface area contributed by atoms with Crippen molar-refractivity contribution in [3.63, 3.8) is 0 Å². The summed E-state index contributed by atoms with van der Waals surface area (Å²) in [5.41, 5.74) is 1.31. The molecule has 0 radical (unpaired) electrons. The van der Waals surface area contributed by atoms with Crippen molar-refractivity contribution >= 4 is 22.8 Å². The molecule has 4 heterocycles. The number of morpholine rings is 1. The number of halogens is 1. The van der Waals surface area contributed by atoms with Gasteiger partial charge in [-0.1, -0.05) is 5.16 Å². The molecule has 0 spiro atoms. The molecule has 1 unspecified atom stereocenters. The van der Waals surface area contributed by atoms with Gasteiger partial charge in [0.25, 0.3) is 5.91 Å². The molecule has 2 fully saturated rings. The van der Waals surface area contributed by atoms with Gasteiger partial charge in [0.15, 0.2) is 5.82 Å². The molecule has 1 amide bonds. The van der Waals surface area contributed by atoms with Crippen LogP contribution in [0.15, 0.2) is 28.8 Å². The fourth-order valence-corrected chi connectivity index (χ4v) is 3.90. The Morgan fingerprint density at radius 1 is 1.21 bits per heavy atom. The minimum absolute atomic E-state index is 0.195. The van der Waals surface area contributed by atoms with Gasteiger partial charge in [-0.2, -0.15) is 0 Å². The number of amides is 1. The second-order valence-electron chi connectivity index (χ2n) is 7.09. The smallest absolute Gasteiger partial charge is 0.293 e. The topological polar surface area (TPSA) is 87.5 Å². The fourth-order valence-electron chi connectivity index (χ4n) is 3.90. The van der Waals surface area contributed by atoms with Gasteiger partial charge in [0.2, 0.25) is 5.76 Å². The number of carbonyl (C=O) groups excluding carboxylic acids is 1. The Hall–Kier alpha value is -2.94. The second-order valence-corrected chi connectivity index (χ2v) is 7.09. The minimum atomic E-state index is -0.320. The summed E-state index contributed by atoms with van der Waals surface area (Å²) >= 11 is 0. The van der Waals surface area contributed by atoms with E-state index in [-0.39, 0.29) is 23.5 Å². The van der Waals surface area contributed by atoms with E-state index < -0.39 is 0 Å². The zero-order chi connectivity index (χ0) is 19.1. The number of ether oxygens (including phenoxy) is 1. The fraction of sp³-hybridized carbons (Fsp3) is 0.421. The normalized spacial score (nSPS) is 20.2. The summed E-state index contributed by atoms with van der Waals surface area (Å²) in [6.07, 6.45) is 1.66. The highest BCUT2D eigenvalue weighted by Gasteiger charge is 2.34. The molecule has 2 aliphatic rings. The summed E-state index contributed by atoms with van der Waals surface area (Å²) in [6.45, 7) is 3.33. The molecule has 2 aliphatic heterocycles. The van der Waals surface area contributed by atoms with E-state index in [1.807, 2.05) is 4.90 Å². The molecule has 0 saturated carbocycles. The number of nitrogens with one attached hydrogen (secondary N) is 1. The average molecular weight is 385 g/mol. The van der Waals surface area contributed by atoms with E-state index in [1.165, 1.54) is 12.1 Å². The van der Waals surface area contributed by atoms with Gasteiger partial charge in [0.1, 0.15) is 11.6 Å². The van der Waals surface area contributed by atoms with Crippen LogP contribution in [0.1, 0.15) is 35.3 Å². The molecular weight excluding hydrogens is 365 g/mol. The number of hydrogen-bond donors (Lipinski definition) is 1. The third kappa shape index (κ3) is 3.01. The highest BCUT2D eigenvalue weighted by Crippen LogP contribution is 2.33. The summed E-state index contributed by atoms with van der Waals surface area (Å²) in [7, 11) is 0. The van der Waals surface area contributed by atoms with Crippen molar-refractivity contribution in [1.29, 1.82) is 0 Å². The Bertz CT molecular complexity index is 1010. The lowest BCUT2D eigenvalue weighted by Gasteiger charge is -2.25. The van der Waals surface area contributed by atoms with Gasteiger partial charge < -0.3 is 24.0 Å². The van der Waals surface area contributed by atoms with Crippen molar-refractivity contribution in [2.45, 2.75) is 18.9 Å². The number of nitrogens with zero attached hydrogens (tertiary/aromatic N) is 4. The maximum Gasteiger partial charge on any atom is 0.293 e. The zero-order valence-corrected chi connectivity index (χ0v) is 15.2. The van der Waals surface area contributed by atoms with Crippen LogP contribution in [0.5, 0.6) is 0 Å². The first-order valence-electron chi connectivity index (χ1n) is 9.44. The molecule has 9 heteroatoms. The van der Waals surface area contributed by atoms with E-state index in [9.17, 15) is 9.18 Å². The number of likely N-dealkylation sites (tertiary alicyclic amines) is 1. The number of aromatic amines is 1. The van der Waals surface area contributed by atoms with E-state index in [2.05, 4.69) is 15.1 Å². The van der Waals surface area contributed by atoms with Crippen molar-refractivity contribution in [2.75, 3.05) is 37.7 Å². The summed E-state index contributed by atoms with van der Waals surface area (Å²) in [4.78, 5) is 24.5. The number of rotatable bonds is 3. The zero-order valence-electron chi connectivity index (χ0n) is 15.2. The molecule has 0 bridgehead atoms. The first-order chi connectivity index (χ1) is 13.7. The molecule has 2 aromatic heterocycles. The molecule has 2 saturated heterocycles. The van der Waals surface area contributed by atoms with Crippen LogP contribution >= 0.6 is 0 Å². The Kier molecular flexibility index (Phi) is 4.23. The Balaban J connectivity index is 1.38. The van der Waals surface area contributed by atoms with Crippen molar-refractivity contribution < 1.29 is 18.4 Å². The Labute approximate surface area is 160 Å². The number of H-pyrrole nitrogens is 1. The second kappa shape index (κ2) is 6.90. The lowest BCUT2D eigenvalue weighted by molar-refractivity contribution is 0.0688. The molecule has 146 valence electrons. The summed E-state index contributed by atoms with van der Waals surface area (Å²) in [5.74, 6) is 1.01. The monoisotopic (exact) mass is 385 g/mol. The van der Waals surface area contributed by atoms with E-state index in [1.54, 1.807) is 17.0 Å². The summed E-state index contributed by atoms with van der Waals surface area (Å²) in [6, 6.07) is 5.93. The van der Waals surface area contributed by atoms with Gasteiger partial charge in [-0.25, -0.2) is 9.37 Å². The molecule has 1 N–H and O–H groups in total. The minimum Gasteiger partial charge on any atom is -0.378 e. The SMILES string of the molecule is O=C(c1cc(N2CCOCC2)no1)N1CCCC1c1nc2ccc(F)cc2[nH]1. The van der Waals surface area contributed by atoms with Crippen LogP contribution in [0.25, 0.3) is 11.0 Å². The van der Waals surface area contributed by atoms with Crippen LogP contribution in [0, 0.1) is 5.82 Å². The molecular formula is C19H20FN5O3. The number of hydrogen-bond acceptors (Lipinski definition) is 6. The van der Waals surface area contributed by atoms with E-state index in [0.717, 1.165) is 25.9 Å². The molecule has 3 aromatic rings. The number of anilines is 1. The first kappa shape index (κ1) is 17.2. The van der Waals surface area contributed by atoms with Gasteiger partial charge in [0, 0.05) is 25.7 Å². The molecule has 0 aliphatic carbocycles. The Morgan fingerprint density at radius 3 is 2.93 bits per heavy atom. The number of benzene rings is 1. The Morgan fingerprint density at radius 2 is 2.07 bits per heavy atom. The quantitative estimate of drug-likeness (QED) is 0.745. The highest BCUT2D eigenvalue weighted by atomic mass is 19.1. The standard InChI is InChI=1S/C19H20FN5O3/c20-12-3-4-13-14(10-12)22-18(21-13)15-2-1-5-25(15)19(26)16-11-17(23-28-16)24-6-8-27-9-7-24/h3-4,10-11,15H,1-2,5-9H2,(H,21,22). The maximum absolute atomic E-state index is 13.5. The molecule has 1 aromatic carbocycles. The maximum atomic E-state index is 13.5. The van der Waals surface area contributed by atoms with Crippen LogP contribution in [0.3, 0.4) is 0 Å². The van der Waals surface area contributed by atoms with Crippen LogP contribution in [-0.4, -0.2) is 58.8 Å². The number of imidazole rings is 1. The lowest BCUT2D eigenvalue weighted by atomic mass is 10.2. The van der Waals surface area contributed by atoms with Crippen molar-refractivity contribution in [3.05, 3.63) is 41.7 Å². The number of fused-ring (bicyclic) bond motifs is 1. The van der Waals surface area contributed by atoms with E-state index in [4.69, 9.17) is 9.26 Å². The van der Waals surface area contributed by atoms with Crippen LogP contribution < -0.4 is 4.90 Å². The van der Waals surface area contributed by atoms with Gasteiger partial charge in [-0.3, -0.25) is 4.79 Å². The molecule has 8 nitrogen and oxygen atoms in total. The average Bonchev–Trinajstić information content (AvgIpc) is 3.46. The predicted molar refractivity (Wildman–Crippen MR) is 98.6 cm³/mol. The highest BCUT2D eigenvalue weighted by molar-refractivity contribution is 5.92. The van der Waals surface area contributed by atoms with Crippen LogP contribution in [0.2, 0.25) is 0 Å². The first-order valence-corrected chi connectivity index (χ1v) is 9.44. The van der Waals surface area contributed by atoms with Crippen molar-refractivity contribution in [2.24, 2.45) is 0 Å². The number of carbonyl (C=O) groups is 1. The third-order valence-corrected chi connectivity index (χ3v) is 5.34. The lowest BCUT2D eigenvalue weighted by Crippen LogP contribution is -2.36. The molecule has 5 rings (SSSR count). The van der Waals surface area contributed by atoms with Crippen LogP contribution in [-0.2, 0) is 4.74 Å². The van der Waals surface area contributed by atoms with Crippen LogP contribution in [0.4, 0.5) is 10.2 Å². The summed E-state index contributed by atoms with van der Waals surface area (Å²) in [5, 5.41) is 4.06. The molecule has 28 heavy (non-hydrogen) atoms. The third-order valence-electron chi connectivity index (χ3n) is 5.34. The molecule has 1 atom stereocenters. The van der Waals surface area contributed by atoms with Gasteiger partial charge in [-0.05, 0) is 31.0 Å². The van der Waals surface area contributed by atoms with Crippen molar-refractivity contribution in [1.82, 2.24) is 20.0 Å². The predicted octanol–water partition coefficient (Wildman–Crippen LogP) is 2.50. The van der Waals surface area contributed by atoms with Gasteiger partial charge in [-0.15, -0.1) is 0 Å². The van der Waals surface area contributed by atoms with E-state index in [0.29, 0.717) is 42.4 Å². The van der Waals surface area contributed by atoms with Crippen molar-refractivity contribution in [3.8, 4) is 0 Å². The largest absolute Gasteiger partial charge is 0.378 e. The number of aromatic nitrogens is 3. The summed E-state index contributed by atoms with van der Waals surface area (Å²) < 4.78 is 24.2. The van der Waals surface area contributed by atoms with E-state index >= 15 is 0 Å². The van der Waals surface area contributed by atoms with Gasteiger partial charge >= 0.3 is 0 Å². The van der Waals surface area contributed by atoms with Gasteiger partial charge in [0.05, 0.1) is 30.3 Å².